The van der Waals surface area contributed by atoms with Gasteiger partial charge in [-0.05, 0) is 0 Å². The van der Waals surface area contributed by atoms with Gasteiger partial charge < -0.3 is 0 Å². The fourth-order valence-corrected chi connectivity index (χ4v) is 53.2. The van der Waals surface area contributed by atoms with Crippen LogP contribution in [0.3, 0.4) is 0 Å². The van der Waals surface area contributed by atoms with Crippen molar-refractivity contribution < 1.29 is 0 Å². The topological polar surface area (TPSA) is 0 Å². The summed E-state index contributed by atoms with van der Waals surface area (Å²) in [5.74, 6) is 0. The summed E-state index contributed by atoms with van der Waals surface area (Å²) in [5, 5.41) is 3.64. The monoisotopic (exact) mass is 316 g/mol. The summed E-state index contributed by atoms with van der Waals surface area (Å²) in [7, 11) is -4.20. The standard InChI is InChI=1S/C16H26Si3.2Li/c1-17(2,3)19(18(4,5)6,15-11-7-8-12-15)16-13-9-10-14-16;;/h7,9,11,13H,8,10H2,1-6H3;;. The quantitative estimate of drug-likeness (QED) is 0.685. The van der Waals surface area contributed by atoms with Gasteiger partial charge in [-0.3, -0.25) is 0 Å². The Morgan fingerprint density at radius 3 is 1.24 bits per heavy atom. The van der Waals surface area contributed by atoms with E-state index in [1.54, 1.807) is 8.49 Å². The Balaban J connectivity index is 2.87. The Morgan fingerprint density at radius 1 is 0.714 bits per heavy atom. The molecule has 2 rings (SSSR count). The molecular formula is C16H26Li2Si3. The number of allylic oxidation sites excluding steroid dienone is 8. The van der Waals surface area contributed by atoms with Crippen molar-refractivity contribution in [2.75, 3.05) is 0 Å². The van der Waals surface area contributed by atoms with Crippen LogP contribution in [0.15, 0.2) is 43.2 Å². The van der Waals surface area contributed by atoms with E-state index in [2.05, 4.69) is 99.0 Å². The molecule has 0 saturated heterocycles. The van der Waals surface area contributed by atoms with Gasteiger partial charge in [0.15, 0.2) is 0 Å². The van der Waals surface area contributed by atoms with Gasteiger partial charge >= 0.3 is 153 Å². The van der Waals surface area contributed by atoms with Crippen molar-refractivity contribution in [1.82, 2.24) is 0 Å². The summed E-state index contributed by atoms with van der Waals surface area (Å²) in [6.45, 7) is 15.9. The third kappa shape index (κ3) is 2.85. The molecule has 0 atom stereocenters. The molecule has 2 aliphatic carbocycles. The van der Waals surface area contributed by atoms with Crippen LogP contribution in [0.5, 0.6) is 0 Å². The molecule has 0 radical (unpaired) electrons. The van der Waals surface area contributed by atoms with E-state index in [0.29, 0.717) is 0 Å². The van der Waals surface area contributed by atoms with E-state index >= 15 is 0 Å². The summed E-state index contributed by atoms with van der Waals surface area (Å²) in [6.07, 6.45) is 12.3. The second-order valence-corrected chi connectivity index (χ2v) is 35.4. The van der Waals surface area contributed by atoms with Gasteiger partial charge in [0.05, 0.1) is 0 Å². The molecule has 0 heterocycles. The maximum absolute atomic E-state index is 2.65. The molecular weight excluding hydrogens is 290 g/mol. The van der Waals surface area contributed by atoms with Crippen molar-refractivity contribution in [3.8, 4) is 0 Å². The van der Waals surface area contributed by atoms with E-state index in [9.17, 15) is 0 Å². The van der Waals surface area contributed by atoms with Gasteiger partial charge in [0.25, 0.3) is 0 Å². The zero-order chi connectivity index (χ0) is 16.1. The predicted molar refractivity (Wildman–Crippen MR) is 106 cm³/mol. The molecule has 104 valence electrons. The molecule has 0 nitrogen and oxygen atoms in total. The van der Waals surface area contributed by atoms with E-state index in [1.165, 1.54) is 12.8 Å². The molecule has 0 unspecified atom stereocenters. The third-order valence-corrected chi connectivity index (χ3v) is 42.9. The Morgan fingerprint density at radius 2 is 1.05 bits per heavy atom. The van der Waals surface area contributed by atoms with Gasteiger partial charge in [-0.2, -0.15) is 0 Å². The average Bonchev–Trinajstić information content (AvgIpc) is 2.87. The minimum absolute atomic E-state index is 1.19. The summed E-state index contributed by atoms with van der Waals surface area (Å²) in [4.78, 5) is 0. The van der Waals surface area contributed by atoms with Crippen LogP contribution in [0.2, 0.25) is 39.3 Å². The molecule has 0 bridgehead atoms. The third-order valence-electron chi connectivity index (χ3n) is 5.39. The van der Waals surface area contributed by atoms with Crippen LogP contribution in [0.25, 0.3) is 0 Å². The van der Waals surface area contributed by atoms with Crippen molar-refractivity contribution in [2.45, 2.75) is 52.1 Å². The van der Waals surface area contributed by atoms with Crippen LogP contribution in [-0.2, 0) is 0 Å². The maximum atomic E-state index is 2.65. The first-order valence-corrected chi connectivity index (χ1v) is 19.3. The molecule has 0 amide bonds. The van der Waals surface area contributed by atoms with Crippen molar-refractivity contribution in [2.24, 2.45) is 0 Å². The fourth-order valence-electron chi connectivity index (χ4n) is 4.99. The zero-order valence-electron chi connectivity index (χ0n) is 15.2. The van der Waals surface area contributed by atoms with E-state index in [0.717, 1.165) is 0 Å². The number of hydrogen-bond acceptors (Lipinski definition) is 0. The Bertz CT molecular complexity index is 517. The summed E-state index contributed by atoms with van der Waals surface area (Å²) in [6, 6.07) is 0. The van der Waals surface area contributed by atoms with Crippen molar-refractivity contribution in [3.63, 3.8) is 0 Å². The van der Waals surface area contributed by atoms with E-state index < -0.39 is 22.3 Å². The van der Waals surface area contributed by atoms with Gasteiger partial charge in [0.1, 0.15) is 0 Å². The van der Waals surface area contributed by atoms with Gasteiger partial charge in [-0.15, -0.1) is 0 Å². The Hall–Kier alpha value is 0.805. The zero-order valence-corrected chi connectivity index (χ0v) is 18.2. The van der Waals surface area contributed by atoms with Gasteiger partial charge in [0.2, 0.25) is 0 Å². The molecule has 0 spiro atoms. The van der Waals surface area contributed by atoms with Crippen molar-refractivity contribution >= 4 is 57.7 Å². The SMILES string of the molecule is [Li][C]1=C([Si](C2=[C]([Li])CC=C2)([Si](C)(C)C)[Si](C)(C)C)C=CC1. The first kappa shape index (κ1) is 18.1. The minimum atomic E-state index is -1.60. The van der Waals surface area contributed by atoms with Crippen molar-refractivity contribution in [3.05, 3.63) is 43.2 Å². The van der Waals surface area contributed by atoms with Crippen LogP contribution in [0.1, 0.15) is 12.8 Å². The van der Waals surface area contributed by atoms with Crippen LogP contribution in [0.4, 0.5) is 0 Å². The molecule has 0 aliphatic heterocycles. The Kier molecular flexibility index (Phi) is 5.21. The van der Waals surface area contributed by atoms with Gasteiger partial charge in [0, 0.05) is 0 Å². The molecule has 0 aromatic rings. The predicted octanol–water partition coefficient (Wildman–Crippen LogP) is 4.11. The molecule has 2 aliphatic rings. The second kappa shape index (κ2) is 6.02. The van der Waals surface area contributed by atoms with E-state index in [1.807, 2.05) is 10.4 Å². The first-order valence-electron chi connectivity index (χ1n) is 8.27. The van der Waals surface area contributed by atoms with Crippen LogP contribution >= 0.6 is 0 Å². The molecule has 5 heteroatoms. The summed E-state index contributed by atoms with van der Waals surface area (Å²) < 4.78 is 3.35. The molecule has 0 saturated carbocycles. The van der Waals surface area contributed by atoms with Crippen LogP contribution < -0.4 is 0 Å². The van der Waals surface area contributed by atoms with E-state index in [4.69, 9.17) is 0 Å². The van der Waals surface area contributed by atoms with Crippen LogP contribution in [0, 0.1) is 0 Å². The average molecular weight is 317 g/mol. The molecule has 0 aromatic carbocycles. The Labute approximate surface area is 152 Å². The normalized spacial score (nSPS) is 20.3. The first-order chi connectivity index (χ1) is 9.53. The van der Waals surface area contributed by atoms with Crippen molar-refractivity contribution in [1.29, 1.82) is 0 Å². The summed E-state index contributed by atoms with van der Waals surface area (Å²) in [5.41, 5.74) is 0. The van der Waals surface area contributed by atoms with Crippen LogP contribution in [-0.4, -0.2) is 57.7 Å². The molecule has 0 fully saturated rings. The van der Waals surface area contributed by atoms with Gasteiger partial charge in [-0.1, -0.05) is 0 Å². The molecule has 0 N–H and O–H groups in total. The summed E-state index contributed by atoms with van der Waals surface area (Å²) >= 11 is 4.79. The van der Waals surface area contributed by atoms with E-state index in [-0.39, 0.29) is 0 Å². The molecule has 0 aromatic heterocycles. The second-order valence-electron chi connectivity index (χ2n) is 8.85. The number of rotatable bonds is 4. The van der Waals surface area contributed by atoms with Gasteiger partial charge in [-0.25, -0.2) is 0 Å². The fraction of sp³-hybridized carbons (Fsp3) is 0.500. The number of hydrogen-bond donors (Lipinski definition) is 0. The molecule has 21 heavy (non-hydrogen) atoms.